The molecule has 0 spiro atoms. The Labute approximate surface area is 676 Å². The van der Waals surface area contributed by atoms with Crippen LogP contribution >= 0.6 is 0 Å². The van der Waals surface area contributed by atoms with Crippen LogP contribution in [0.15, 0.2) is 128 Å². The third-order valence-corrected chi connectivity index (χ3v) is 33.3. The van der Waals surface area contributed by atoms with Gasteiger partial charge in [0.15, 0.2) is 85.0 Å². The molecule has 0 aliphatic carbocycles. The lowest BCUT2D eigenvalue weighted by atomic mass is 10.1. The van der Waals surface area contributed by atoms with Crippen LogP contribution in [0.25, 0.3) is 92.7 Å². The molecule has 14 heterocycles. The maximum absolute atomic E-state index is 14.1. The van der Waals surface area contributed by atoms with E-state index < -0.39 is 64.4 Å². The van der Waals surface area contributed by atoms with Crippen molar-refractivity contribution in [2.24, 2.45) is 0 Å². The lowest BCUT2D eigenvalue weighted by Gasteiger charge is -2.42. The smallest absolute Gasteiger partial charge is 0.273 e. The predicted octanol–water partition coefficient (Wildman–Crippen LogP) is 14.6. The minimum Gasteiger partial charge on any atom is -0.446 e. The average molecular weight is 1660 g/mol. The molecule has 6 amide bonds. The number of nitrogens with zero attached hydrogens (tertiary/aromatic N) is 12. The molecule has 118 heavy (non-hydrogen) atoms. The number of aromatic nitrogens is 12. The summed E-state index contributed by atoms with van der Waals surface area (Å²) in [4.78, 5) is 137. The van der Waals surface area contributed by atoms with E-state index in [4.69, 9.17) is 61.9 Å². The van der Waals surface area contributed by atoms with E-state index in [1.54, 1.807) is 0 Å². The fraction of sp³-hybridized carbons (Fsp3) is 0.462. The average Bonchev–Trinajstić information content (AvgIpc) is 1.08. The number of oxazole rings is 12. The Morgan fingerprint density at radius 3 is 0.771 bits per heavy atom. The molecular weight excluding hydrogens is 1570 g/mol. The van der Waals surface area contributed by atoms with Gasteiger partial charge in [-0.3, -0.25) is 28.8 Å². The molecule has 4 atom stereocenters. The highest BCUT2D eigenvalue weighted by atomic mass is 28.4. The van der Waals surface area contributed by atoms with Crippen LogP contribution in [0.2, 0.25) is 33.2 Å². The topological polar surface area (TPSA) is 505 Å². The zero-order valence-corrected chi connectivity index (χ0v) is 69.1. The quantitative estimate of drug-likeness (QED) is 0.0206. The number of amides is 6. The van der Waals surface area contributed by atoms with Crippen molar-refractivity contribution in [3.05, 3.63) is 121 Å². The molecule has 0 saturated carbocycles. The van der Waals surface area contributed by atoms with Crippen LogP contribution in [-0.4, -0.2) is 138 Å². The van der Waals surface area contributed by atoms with E-state index in [0.29, 0.717) is 64.5 Å². The summed E-state index contributed by atoms with van der Waals surface area (Å²) in [5.41, 5.74) is 2.39. The van der Waals surface area contributed by atoms with E-state index in [1.807, 2.05) is 0 Å². The molecule has 2 aliphatic heterocycles. The van der Waals surface area contributed by atoms with Crippen molar-refractivity contribution in [2.75, 3.05) is 26.3 Å². The summed E-state index contributed by atoms with van der Waals surface area (Å²) in [7, 11) is -4.94. The number of carbonyl (C=O) groups is 6. The Morgan fingerprint density at radius 1 is 0.305 bits per heavy atom. The second kappa shape index (κ2) is 35.7. The van der Waals surface area contributed by atoms with Crippen molar-refractivity contribution >= 4 is 52.1 Å². The van der Waals surface area contributed by atoms with E-state index in [9.17, 15) is 28.8 Å². The van der Waals surface area contributed by atoms with Gasteiger partial charge >= 0.3 is 0 Å². The zero-order valence-electron chi connectivity index (χ0n) is 67.1. The van der Waals surface area contributed by atoms with Crippen LogP contribution in [0, 0.1) is 0 Å². The SMILES string of the molecule is CC(C)[Si](OC[C@@H]1NC(=O)c2coc(n2)-c2coc(n2)-c2coc(n2)[C@H](CCCCNC(=O)CCCCC(=O)NCCCC[C@@H]2NC(=O)c3coc(n3)-c3coc(n3)-c3coc(n3)[C@H](CO[Si](C(C)C)(C(C)C)C(C)C)NC(=O)c3coc(n3)-c3coc(n3)-c3coc2n3)NC(=O)c2coc(n2)-c2coc(n2)-c2coc1n2)(C(C)C)C(C)C. The van der Waals surface area contributed by atoms with Crippen LogP contribution in [0.3, 0.4) is 0 Å². The number of nitrogens with one attached hydrogen (secondary N) is 6. The van der Waals surface area contributed by atoms with Crippen LogP contribution in [0.5, 0.6) is 0 Å². The molecule has 0 saturated heterocycles. The molecule has 12 aromatic rings. The highest BCUT2D eigenvalue weighted by Crippen LogP contribution is 2.45. The molecule has 0 radical (unpaired) electrons. The molecule has 0 fully saturated rings. The highest BCUT2D eigenvalue weighted by molar-refractivity contribution is 6.78. The first-order valence-electron chi connectivity index (χ1n) is 39.3. The summed E-state index contributed by atoms with van der Waals surface area (Å²) in [6.07, 6.45) is 19.0. The van der Waals surface area contributed by atoms with E-state index >= 15 is 0 Å². The van der Waals surface area contributed by atoms with E-state index in [1.165, 1.54) is 75.2 Å². The molecule has 0 unspecified atom stereocenters. The van der Waals surface area contributed by atoms with Gasteiger partial charge in [0.05, 0.1) is 13.2 Å². The maximum atomic E-state index is 14.1. The fourth-order valence-electron chi connectivity index (χ4n) is 15.5. The number of hydrogen-bond donors (Lipinski definition) is 6. The number of hydrogen-bond acceptors (Lipinski definition) is 32. The van der Waals surface area contributed by atoms with Crippen LogP contribution in [0.4, 0.5) is 0 Å². The molecule has 24 bridgehead atoms. The molecule has 40 heteroatoms. The van der Waals surface area contributed by atoms with Gasteiger partial charge in [0, 0.05) is 25.9 Å². The molecule has 14 rings (SSSR count). The monoisotopic (exact) mass is 1660 g/mol. The summed E-state index contributed by atoms with van der Waals surface area (Å²) < 4.78 is 84.0. The third-order valence-electron chi connectivity index (χ3n) is 21.2. The lowest BCUT2D eigenvalue weighted by Crippen LogP contribution is -2.49. The van der Waals surface area contributed by atoms with Gasteiger partial charge in [-0.2, -0.15) is 0 Å². The summed E-state index contributed by atoms with van der Waals surface area (Å²) in [6.45, 7) is 26.6. The predicted molar refractivity (Wildman–Crippen MR) is 417 cm³/mol. The van der Waals surface area contributed by atoms with Gasteiger partial charge in [-0.05, 0) is 84.6 Å². The minimum absolute atomic E-state index is 0.0246. The second-order valence-corrected chi connectivity index (χ2v) is 41.8. The number of rotatable bonds is 27. The molecule has 622 valence electrons. The molecule has 6 N–H and O–H groups in total. The Balaban J connectivity index is 0.561. The van der Waals surface area contributed by atoms with Gasteiger partial charge in [-0.25, -0.2) is 59.8 Å². The Hall–Kier alpha value is -12.3. The zero-order chi connectivity index (χ0) is 83.1. The summed E-state index contributed by atoms with van der Waals surface area (Å²) in [5.74, 6) is -2.43. The molecule has 0 aromatic carbocycles. The van der Waals surface area contributed by atoms with Gasteiger partial charge < -0.3 is 93.8 Å². The van der Waals surface area contributed by atoms with Gasteiger partial charge in [0.1, 0.15) is 99.3 Å². The van der Waals surface area contributed by atoms with Crippen molar-refractivity contribution in [1.29, 1.82) is 0 Å². The highest BCUT2D eigenvalue weighted by Gasteiger charge is 2.48. The van der Waals surface area contributed by atoms with Crippen LogP contribution in [0.1, 0.15) is 237 Å². The van der Waals surface area contributed by atoms with Gasteiger partial charge in [-0.1, -0.05) is 83.1 Å². The summed E-state index contributed by atoms with van der Waals surface area (Å²) in [5, 5.41) is 17.7. The summed E-state index contributed by atoms with van der Waals surface area (Å²) in [6, 6.07) is -3.47. The van der Waals surface area contributed by atoms with Crippen molar-refractivity contribution in [3.63, 3.8) is 0 Å². The normalized spacial score (nSPS) is 16.2. The Bertz CT molecular complexity index is 5090. The van der Waals surface area contributed by atoms with Gasteiger partial charge in [0.25, 0.3) is 23.6 Å². The summed E-state index contributed by atoms with van der Waals surface area (Å²) >= 11 is 0. The van der Waals surface area contributed by atoms with Crippen molar-refractivity contribution in [3.8, 4) is 92.7 Å². The number of fused-ring (bicyclic) bond motifs is 32. The van der Waals surface area contributed by atoms with Crippen LogP contribution < -0.4 is 31.9 Å². The largest absolute Gasteiger partial charge is 0.446 e. The minimum atomic E-state index is -2.47. The number of unbranched alkanes of at least 4 members (excludes halogenated alkanes) is 3. The maximum Gasteiger partial charge on any atom is 0.273 e. The molecule has 2 aliphatic rings. The molecule has 38 nitrogen and oxygen atoms in total. The lowest BCUT2D eigenvalue weighted by molar-refractivity contribution is -0.123. The first-order chi connectivity index (χ1) is 56.8. The standard InChI is InChI=1S/C78H92N18O20Si2/c1-39(2)117(40(3)4,41(5)6)115-37-59-77-95-57(35-113-77)75-93-51(33-111-75)69-85-47(25-103-69)63(99)81-45(67-89-55(29-107-67)73-91-53(31-109-73)71-87-49(27-105-71)65(101)83-59)19-15-17-23-79-61(97)21-13-14-22-62(98)80-24-18-16-20-46-68-90-56(30-108-68)74-92-54(32-110-74)72-88-50(28-106-72)66(102)84-60(38-116-118(42(7)8,43(9)10)44(11)12)78-96-58(36-114-78)76-94-52(34-112-76)70-86-48(26-104-70)64(100)82-46/h25-36,39-46,59-60H,13-24,37-38H2,1-12H3,(H,79,97)(H,80,98)(H,81,99)(H,82,100)(H,83,101)(H,84,102)/t45-,46-,59-,60-/m0/s1. The van der Waals surface area contributed by atoms with Gasteiger partial charge in [-0.15, -0.1) is 0 Å². The van der Waals surface area contributed by atoms with E-state index in [-0.39, 0.29) is 210 Å². The fourth-order valence-corrected chi connectivity index (χ4v) is 26.4. The van der Waals surface area contributed by atoms with Gasteiger partial charge in [0.2, 0.25) is 82.5 Å². The Kier molecular flexibility index (Phi) is 24.8. The van der Waals surface area contributed by atoms with Crippen LogP contribution in [-0.2, 0) is 18.4 Å². The van der Waals surface area contributed by atoms with Crippen molar-refractivity contribution in [2.45, 2.75) is 205 Å². The number of carbonyl (C=O) groups excluding carboxylic acids is 6. The molecule has 12 aromatic heterocycles. The van der Waals surface area contributed by atoms with E-state index in [2.05, 4.69) is 175 Å². The first kappa shape index (κ1) is 82.2. The van der Waals surface area contributed by atoms with E-state index in [0.717, 1.165) is 0 Å². The second-order valence-electron chi connectivity index (χ2n) is 30.8. The third kappa shape index (κ3) is 18.0. The first-order valence-corrected chi connectivity index (χ1v) is 43.6. The van der Waals surface area contributed by atoms with Crippen molar-refractivity contribution < 1.29 is 90.6 Å². The molecular formula is C78H92N18O20Si2. The van der Waals surface area contributed by atoms with Crippen molar-refractivity contribution in [1.82, 2.24) is 91.7 Å². The Morgan fingerprint density at radius 2 is 0.517 bits per heavy atom.